The average Bonchev–Trinajstić information content (AvgIpc) is 3.13. The smallest absolute Gasteiger partial charge is 0.327 e. The van der Waals surface area contributed by atoms with E-state index in [1.807, 2.05) is 0 Å². The summed E-state index contributed by atoms with van der Waals surface area (Å²) >= 11 is 0. The molecule has 0 aliphatic carbocycles. The third-order valence-electron chi connectivity index (χ3n) is 8.96. The van der Waals surface area contributed by atoms with E-state index < -0.39 is 67.5 Å². The van der Waals surface area contributed by atoms with E-state index >= 15 is 0 Å². The fraction of sp³-hybridized carbons (Fsp3) is 0.900. The Morgan fingerprint density at radius 2 is 0.586 bits per heavy atom. The Labute approximate surface area is 395 Å². The Bertz CT molecular complexity index is 1140. The molecule has 0 bridgehead atoms. The zero-order valence-electron chi connectivity index (χ0n) is 37.0. The first-order valence-electron chi connectivity index (χ1n) is 21.2. The topological polar surface area (TPSA) is 214 Å². The number of hydrogen-bond donors (Lipinski definition) is 2. The second kappa shape index (κ2) is 43.4. The van der Waals surface area contributed by atoms with E-state index in [2.05, 4.69) is 27.7 Å². The summed E-state index contributed by atoms with van der Waals surface area (Å²) < 4.78 is 84.1. The largest absolute Gasteiger partial charge is 0.466 e. The maximum atomic E-state index is 12.0. The summed E-state index contributed by atoms with van der Waals surface area (Å²) in [7, 11) is -9.47. The number of ether oxygens (including phenoxy) is 4. The molecule has 2 atom stereocenters. The molecule has 0 spiro atoms. The third-order valence-corrected chi connectivity index (χ3v) is 11.1. The van der Waals surface area contributed by atoms with E-state index in [9.17, 15) is 45.1 Å². The van der Waals surface area contributed by atoms with E-state index in [0.717, 1.165) is 116 Å². The van der Waals surface area contributed by atoms with Crippen LogP contribution in [0.4, 0.5) is 0 Å². The Morgan fingerprint density at radius 1 is 0.379 bits per heavy atom. The molecule has 0 aliphatic heterocycles. The van der Waals surface area contributed by atoms with Crippen molar-refractivity contribution in [2.75, 3.05) is 26.4 Å². The number of carbonyl (C=O) groups is 4. The Kier molecular flexibility index (Phi) is 48.1. The van der Waals surface area contributed by atoms with E-state index in [1.165, 1.54) is 12.8 Å². The van der Waals surface area contributed by atoms with Crippen LogP contribution in [-0.4, -0.2) is 146 Å². The molecule has 18 heteroatoms. The molecule has 334 valence electrons. The minimum Gasteiger partial charge on any atom is -0.466 e. The summed E-state index contributed by atoms with van der Waals surface area (Å²) in [6.07, 6.45) is 22.7. The van der Waals surface area contributed by atoms with Crippen molar-refractivity contribution in [3.05, 3.63) is 0 Å². The Balaban J connectivity index is -0.000000486. The van der Waals surface area contributed by atoms with Crippen LogP contribution < -0.4 is 0 Å². The van der Waals surface area contributed by atoms with Crippen molar-refractivity contribution in [3.63, 3.8) is 0 Å². The van der Waals surface area contributed by atoms with E-state index in [1.54, 1.807) is 0 Å². The van der Waals surface area contributed by atoms with Crippen LogP contribution in [0.15, 0.2) is 0 Å². The fourth-order valence-electron chi connectivity index (χ4n) is 5.47. The summed E-state index contributed by atoms with van der Waals surface area (Å²) in [5.74, 6) is -3.86. The van der Waals surface area contributed by atoms with Gasteiger partial charge in [0.2, 0.25) is 0 Å². The summed E-state index contributed by atoms with van der Waals surface area (Å²) in [6, 6.07) is 0. The zero-order valence-corrected chi connectivity index (χ0v) is 42.6. The molecule has 0 amide bonds. The second-order valence-electron chi connectivity index (χ2n) is 14.3. The third kappa shape index (κ3) is 41.1. The summed E-state index contributed by atoms with van der Waals surface area (Å²) in [5.41, 5.74) is 0. The predicted molar refractivity (Wildman–Crippen MR) is 229 cm³/mol. The molecule has 0 aromatic rings. The molecule has 14 nitrogen and oxygen atoms in total. The fourth-order valence-corrected chi connectivity index (χ4v) is 6.79. The van der Waals surface area contributed by atoms with Crippen LogP contribution in [0.2, 0.25) is 0 Å². The molecular formula is C40H76Na2O14S2. The van der Waals surface area contributed by atoms with Crippen molar-refractivity contribution in [1.29, 1.82) is 0 Å². The quantitative estimate of drug-likeness (QED) is 0.0200. The molecule has 0 aliphatic rings. The molecule has 2 radical (unpaired) electrons. The van der Waals surface area contributed by atoms with Crippen molar-refractivity contribution < 1.29 is 64.1 Å². The van der Waals surface area contributed by atoms with Gasteiger partial charge in [-0.2, -0.15) is 16.8 Å². The van der Waals surface area contributed by atoms with Crippen molar-refractivity contribution in [1.82, 2.24) is 0 Å². The SMILES string of the molecule is CCCCCCCCOC(=O)CC(C(=O)OCCCCCCCC)S(=O)(=O)O.CCCCCCCCOC(=O)CC(C(=O)OCCCCCCCC)S(=O)(=O)O.[Na].[Na]. The minimum absolute atomic E-state index is 0. The molecule has 0 saturated heterocycles. The molecule has 0 rings (SSSR count). The van der Waals surface area contributed by atoms with Gasteiger partial charge in [-0.1, -0.05) is 156 Å². The maximum absolute atomic E-state index is 12.0. The van der Waals surface area contributed by atoms with Gasteiger partial charge in [-0.15, -0.1) is 0 Å². The molecule has 2 unspecified atom stereocenters. The van der Waals surface area contributed by atoms with Crippen LogP contribution >= 0.6 is 0 Å². The van der Waals surface area contributed by atoms with Crippen molar-refractivity contribution in [3.8, 4) is 0 Å². The second-order valence-corrected chi connectivity index (χ2v) is 17.5. The summed E-state index contributed by atoms with van der Waals surface area (Å²) in [4.78, 5) is 47.6. The number of unbranched alkanes of at least 4 members (excludes halogenated alkanes) is 20. The van der Waals surface area contributed by atoms with Gasteiger partial charge in [0.1, 0.15) is 0 Å². The molecule has 0 fully saturated rings. The van der Waals surface area contributed by atoms with Crippen LogP contribution in [-0.2, 0) is 58.4 Å². The van der Waals surface area contributed by atoms with E-state index in [4.69, 9.17) is 18.9 Å². The van der Waals surface area contributed by atoms with Gasteiger partial charge in [0, 0.05) is 59.1 Å². The van der Waals surface area contributed by atoms with Gasteiger partial charge in [0.25, 0.3) is 20.2 Å². The van der Waals surface area contributed by atoms with Crippen LogP contribution in [0.1, 0.15) is 195 Å². The molecule has 2 N–H and O–H groups in total. The monoisotopic (exact) mass is 890 g/mol. The summed E-state index contributed by atoms with van der Waals surface area (Å²) in [5, 5.41) is -3.85. The van der Waals surface area contributed by atoms with Gasteiger partial charge in [0.15, 0.2) is 10.5 Å². The minimum atomic E-state index is -4.73. The number of esters is 4. The van der Waals surface area contributed by atoms with Gasteiger partial charge in [-0.25, -0.2) is 0 Å². The van der Waals surface area contributed by atoms with Crippen LogP contribution in [0, 0.1) is 0 Å². The molecule has 0 aromatic heterocycles. The Morgan fingerprint density at radius 3 is 0.810 bits per heavy atom. The molecule has 58 heavy (non-hydrogen) atoms. The molecule has 0 aromatic carbocycles. The van der Waals surface area contributed by atoms with Gasteiger partial charge in [0.05, 0.1) is 39.3 Å². The van der Waals surface area contributed by atoms with Gasteiger partial charge in [-0.05, 0) is 25.7 Å². The first-order valence-corrected chi connectivity index (χ1v) is 24.2. The van der Waals surface area contributed by atoms with Crippen molar-refractivity contribution in [2.45, 2.75) is 205 Å². The van der Waals surface area contributed by atoms with Gasteiger partial charge in [-0.3, -0.25) is 28.3 Å². The van der Waals surface area contributed by atoms with E-state index in [-0.39, 0.29) is 85.5 Å². The van der Waals surface area contributed by atoms with Gasteiger partial charge >= 0.3 is 23.9 Å². The van der Waals surface area contributed by atoms with Crippen molar-refractivity contribution >= 4 is 103 Å². The first-order chi connectivity index (χ1) is 26.6. The Hall–Kier alpha value is -0.300. The van der Waals surface area contributed by atoms with Crippen LogP contribution in [0.25, 0.3) is 0 Å². The first kappa shape index (κ1) is 64.3. The predicted octanol–water partition coefficient (Wildman–Crippen LogP) is 8.12. The van der Waals surface area contributed by atoms with Crippen LogP contribution in [0.3, 0.4) is 0 Å². The van der Waals surface area contributed by atoms with Crippen LogP contribution in [0.5, 0.6) is 0 Å². The molecule has 0 saturated carbocycles. The normalized spacial score (nSPS) is 12.1. The average molecular weight is 891 g/mol. The van der Waals surface area contributed by atoms with Gasteiger partial charge < -0.3 is 18.9 Å². The standard InChI is InChI=1S/2C20H38O7S.2Na/c2*1-3-5-7-9-11-13-15-26-19(21)17-18(28(23,24)25)20(22)27-16-14-12-10-8-6-4-2;;/h2*18H,3-17H2,1-2H3,(H,23,24,25);;. The zero-order chi connectivity index (χ0) is 42.5. The number of rotatable bonds is 36. The number of carbonyl (C=O) groups excluding carboxylic acids is 4. The molecular weight excluding hydrogens is 815 g/mol. The molecule has 0 heterocycles. The summed E-state index contributed by atoms with van der Waals surface area (Å²) in [6.45, 7) is 9.00. The van der Waals surface area contributed by atoms with E-state index in [0.29, 0.717) is 25.7 Å². The maximum Gasteiger partial charge on any atom is 0.327 e. The number of hydrogen-bond acceptors (Lipinski definition) is 12. The van der Waals surface area contributed by atoms with Crippen molar-refractivity contribution in [2.24, 2.45) is 0 Å².